The Morgan fingerprint density at radius 1 is 1.29 bits per heavy atom. The van der Waals surface area contributed by atoms with Crippen molar-refractivity contribution in [2.24, 2.45) is 0 Å². The third kappa shape index (κ3) is 4.16. The van der Waals surface area contributed by atoms with Crippen LogP contribution in [0, 0.1) is 0 Å². The first-order valence-corrected chi connectivity index (χ1v) is 6.12. The van der Waals surface area contributed by atoms with Crippen molar-refractivity contribution in [3.63, 3.8) is 0 Å². The maximum Gasteiger partial charge on any atom is 0.0210 e. The van der Waals surface area contributed by atoms with E-state index in [0.717, 1.165) is 6.54 Å². The second kappa shape index (κ2) is 4.85. The molecule has 0 radical (unpaired) electrons. The predicted molar refractivity (Wildman–Crippen MR) is 64.8 cm³/mol. The SMILES string of the molecule is CSc1cccc(CNC(C)(C)C)c1. The van der Waals surface area contributed by atoms with Crippen LogP contribution in [-0.4, -0.2) is 11.8 Å². The molecule has 0 aliphatic rings. The van der Waals surface area contributed by atoms with Gasteiger partial charge in [0.2, 0.25) is 0 Å². The normalized spacial score (nSPS) is 11.7. The van der Waals surface area contributed by atoms with Crippen LogP contribution in [0.4, 0.5) is 0 Å². The Morgan fingerprint density at radius 3 is 2.57 bits per heavy atom. The van der Waals surface area contributed by atoms with E-state index in [1.165, 1.54) is 10.5 Å². The summed E-state index contributed by atoms with van der Waals surface area (Å²) in [5.41, 5.74) is 1.54. The Bertz CT molecular complexity index is 289. The lowest BCUT2D eigenvalue weighted by molar-refractivity contribution is 0.424. The standard InChI is InChI=1S/C12H19NS/c1-12(2,3)13-9-10-6-5-7-11(8-10)14-4/h5-8,13H,9H2,1-4H3. The van der Waals surface area contributed by atoms with Crippen LogP contribution in [0.3, 0.4) is 0 Å². The van der Waals surface area contributed by atoms with E-state index in [1.54, 1.807) is 11.8 Å². The molecule has 0 amide bonds. The first-order valence-electron chi connectivity index (χ1n) is 4.89. The summed E-state index contributed by atoms with van der Waals surface area (Å²) in [4.78, 5) is 1.33. The van der Waals surface area contributed by atoms with Crippen LogP contribution in [0.5, 0.6) is 0 Å². The van der Waals surface area contributed by atoms with E-state index in [4.69, 9.17) is 0 Å². The molecule has 0 aromatic heterocycles. The molecule has 0 atom stereocenters. The van der Waals surface area contributed by atoms with Crippen molar-refractivity contribution in [1.29, 1.82) is 0 Å². The van der Waals surface area contributed by atoms with Crippen LogP contribution in [0.25, 0.3) is 0 Å². The number of thioether (sulfide) groups is 1. The topological polar surface area (TPSA) is 12.0 Å². The van der Waals surface area contributed by atoms with Crippen LogP contribution in [0.15, 0.2) is 29.2 Å². The number of hydrogen-bond donors (Lipinski definition) is 1. The smallest absolute Gasteiger partial charge is 0.0210 e. The molecule has 0 unspecified atom stereocenters. The Labute approximate surface area is 91.3 Å². The van der Waals surface area contributed by atoms with Crippen LogP contribution < -0.4 is 5.32 Å². The summed E-state index contributed by atoms with van der Waals surface area (Å²) in [7, 11) is 0. The van der Waals surface area contributed by atoms with Crippen LogP contribution >= 0.6 is 11.8 Å². The van der Waals surface area contributed by atoms with Gasteiger partial charge in [0.05, 0.1) is 0 Å². The molecule has 0 aliphatic carbocycles. The lowest BCUT2D eigenvalue weighted by Crippen LogP contribution is -2.35. The fourth-order valence-electron chi connectivity index (χ4n) is 1.15. The molecule has 1 rings (SSSR count). The van der Waals surface area contributed by atoms with Crippen molar-refractivity contribution in [3.05, 3.63) is 29.8 Å². The summed E-state index contributed by atoms with van der Waals surface area (Å²) in [5.74, 6) is 0. The van der Waals surface area contributed by atoms with E-state index in [-0.39, 0.29) is 5.54 Å². The molecular weight excluding hydrogens is 190 g/mol. The Kier molecular flexibility index (Phi) is 4.02. The third-order valence-corrected chi connectivity index (χ3v) is 2.68. The van der Waals surface area contributed by atoms with Gasteiger partial charge in [0.25, 0.3) is 0 Å². The van der Waals surface area contributed by atoms with Crippen molar-refractivity contribution in [3.8, 4) is 0 Å². The lowest BCUT2D eigenvalue weighted by atomic mass is 10.1. The summed E-state index contributed by atoms with van der Waals surface area (Å²) >= 11 is 1.79. The molecule has 1 N–H and O–H groups in total. The first-order chi connectivity index (χ1) is 6.51. The van der Waals surface area contributed by atoms with Crippen molar-refractivity contribution in [2.45, 2.75) is 37.8 Å². The largest absolute Gasteiger partial charge is 0.308 e. The highest BCUT2D eigenvalue weighted by Crippen LogP contribution is 2.16. The Morgan fingerprint density at radius 2 is 2.00 bits per heavy atom. The van der Waals surface area contributed by atoms with Crippen molar-refractivity contribution in [2.75, 3.05) is 6.26 Å². The zero-order valence-electron chi connectivity index (χ0n) is 9.42. The molecule has 0 fully saturated rings. The highest BCUT2D eigenvalue weighted by molar-refractivity contribution is 7.98. The number of rotatable bonds is 3. The van der Waals surface area contributed by atoms with Gasteiger partial charge < -0.3 is 5.32 Å². The Hall–Kier alpha value is -0.470. The van der Waals surface area contributed by atoms with Crippen molar-refractivity contribution in [1.82, 2.24) is 5.32 Å². The minimum atomic E-state index is 0.190. The van der Waals surface area contributed by atoms with Crippen molar-refractivity contribution >= 4 is 11.8 Å². The first kappa shape index (κ1) is 11.6. The fraction of sp³-hybridized carbons (Fsp3) is 0.500. The molecule has 0 aliphatic heterocycles. The van der Waals surface area contributed by atoms with Crippen LogP contribution in [-0.2, 0) is 6.54 Å². The summed E-state index contributed by atoms with van der Waals surface area (Å²) in [6.07, 6.45) is 2.11. The van der Waals surface area contributed by atoms with Gasteiger partial charge in [0.15, 0.2) is 0 Å². The minimum Gasteiger partial charge on any atom is -0.308 e. The van der Waals surface area contributed by atoms with Gasteiger partial charge in [-0.1, -0.05) is 12.1 Å². The summed E-state index contributed by atoms with van der Waals surface area (Å²) < 4.78 is 0. The maximum atomic E-state index is 3.48. The van der Waals surface area contributed by atoms with E-state index in [0.29, 0.717) is 0 Å². The molecular formula is C12H19NS. The zero-order chi connectivity index (χ0) is 10.6. The fourth-order valence-corrected chi connectivity index (χ4v) is 1.63. The summed E-state index contributed by atoms with van der Waals surface area (Å²) in [5, 5.41) is 3.48. The molecule has 2 heteroatoms. The molecule has 0 heterocycles. The molecule has 1 nitrogen and oxygen atoms in total. The van der Waals surface area contributed by atoms with Gasteiger partial charge in [-0.05, 0) is 44.7 Å². The van der Waals surface area contributed by atoms with E-state index in [9.17, 15) is 0 Å². The summed E-state index contributed by atoms with van der Waals surface area (Å²) in [6, 6.07) is 8.67. The van der Waals surface area contributed by atoms with Crippen molar-refractivity contribution < 1.29 is 0 Å². The van der Waals surface area contributed by atoms with E-state index in [2.05, 4.69) is 56.6 Å². The molecule has 0 saturated heterocycles. The van der Waals surface area contributed by atoms with Gasteiger partial charge in [0, 0.05) is 17.0 Å². The molecule has 78 valence electrons. The third-order valence-electron chi connectivity index (χ3n) is 1.96. The van der Waals surface area contributed by atoms with E-state index < -0.39 is 0 Å². The van der Waals surface area contributed by atoms with Gasteiger partial charge in [-0.2, -0.15) is 0 Å². The Balaban J connectivity index is 2.59. The summed E-state index contributed by atoms with van der Waals surface area (Å²) in [6.45, 7) is 7.50. The minimum absolute atomic E-state index is 0.190. The van der Waals surface area contributed by atoms with Crippen LogP contribution in [0.1, 0.15) is 26.3 Å². The average Bonchev–Trinajstić information content (AvgIpc) is 2.14. The van der Waals surface area contributed by atoms with Gasteiger partial charge >= 0.3 is 0 Å². The number of nitrogens with one attached hydrogen (secondary N) is 1. The predicted octanol–water partition coefficient (Wildman–Crippen LogP) is 3.30. The second-order valence-electron chi connectivity index (χ2n) is 4.46. The number of hydrogen-bond acceptors (Lipinski definition) is 2. The second-order valence-corrected chi connectivity index (χ2v) is 5.33. The maximum absolute atomic E-state index is 3.48. The molecule has 1 aromatic rings. The zero-order valence-corrected chi connectivity index (χ0v) is 10.2. The number of benzene rings is 1. The van der Waals surface area contributed by atoms with Gasteiger partial charge in [0.1, 0.15) is 0 Å². The van der Waals surface area contributed by atoms with Gasteiger partial charge in [-0.15, -0.1) is 11.8 Å². The molecule has 0 bridgehead atoms. The highest BCUT2D eigenvalue weighted by Gasteiger charge is 2.07. The average molecular weight is 209 g/mol. The molecule has 1 aromatic carbocycles. The van der Waals surface area contributed by atoms with E-state index >= 15 is 0 Å². The molecule has 0 saturated carbocycles. The van der Waals surface area contributed by atoms with Gasteiger partial charge in [-0.25, -0.2) is 0 Å². The quantitative estimate of drug-likeness (QED) is 0.767. The van der Waals surface area contributed by atoms with Gasteiger partial charge in [-0.3, -0.25) is 0 Å². The molecule has 14 heavy (non-hydrogen) atoms. The molecule has 0 spiro atoms. The lowest BCUT2D eigenvalue weighted by Gasteiger charge is -2.20. The van der Waals surface area contributed by atoms with E-state index in [1.807, 2.05) is 0 Å². The highest BCUT2D eigenvalue weighted by atomic mass is 32.2. The monoisotopic (exact) mass is 209 g/mol. The van der Waals surface area contributed by atoms with Crippen LogP contribution in [0.2, 0.25) is 0 Å².